The van der Waals surface area contributed by atoms with Crippen molar-refractivity contribution in [2.45, 2.75) is 52.6 Å². The Morgan fingerprint density at radius 2 is 1.91 bits per heavy atom. The van der Waals surface area contributed by atoms with Crippen molar-refractivity contribution in [3.05, 3.63) is 66.0 Å². The molecule has 5 heterocycles. The molecule has 10 nitrogen and oxygen atoms in total. The van der Waals surface area contributed by atoms with E-state index in [9.17, 15) is 9.59 Å². The summed E-state index contributed by atoms with van der Waals surface area (Å²) in [6.07, 6.45) is 5.48. The Balaban J connectivity index is 1.32. The van der Waals surface area contributed by atoms with Gasteiger partial charge in [-0.1, -0.05) is 32.0 Å². The molecule has 224 valence electrons. The summed E-state index contributed by atoms with van der Waals surface area (Å²) in [7, 11) is 0. The van der Waals surface area contributed by atoms with Crippen LogP contribution in [-0.4, -0.2) is 69.1 Å². The fraction of sp³-hybridized carbons (Fsp3) is 0.424. The van der Waals surface area contributed by atoms with Gasteiger partial charge in [0, 0.05) is 74.6 Å². The zero-order valence-corrected chi connectivity index (χ0v) is 25.1. The third-order valence-corrected chi connectivity index (χ3v) is 8.66. The molecule has 2 aliphatic rings. The first-order valence-corrected chi connectivity index (χ1v) is 15.0. The van der Waals surface area contributed by atoms with Gasteiger partial charge in [0.1, 0.15) is 11.5 Å². The highest BCUT2D eigenvalue weighted by molar-refractivity contribution is 5.97. The van der Waals surface area contributed by atoms with Crippen molar-refractivity contribution in [3.63, 3.8) is 0 Å². The number of nitrogens with zero attached hydrogens (tertiary/aromatic N) is 5. The quantitative estimate of drug-likeness (QED) is 0.336. The van der Waals surface area contributed by atoms with Crippen molar-refractivity contribution in [1.82, 2.24) is 29.7 Å². The third-order valence-electron chi connectivity index (χ3n) is 8.66. The fourth-order valence-corrected chi connectivity index (χ4v) is 5.85. The lowest BCUT2D eigenvalue weighted by Gasteiger charge is -2.30. The zero-order chi connectivity index (χ0) is 30.1. The van der Waals surface area contributed by atoms with Gasteiger partial charge in [-0.2, -0.15) is 0 Å². The monoisotopic (exact) mass is 581 g/mol. The van der Waals surface area contributed by atoms with Gasteiger partial charge in [0.2, 0.25) is 5.91 Å². The normalized spacial score (nSPS) is 15.9. The van der Waals surface area contributed by atoms with E-state index >= 15 is 0 Å². The molecule has 0 atom stereocenters. The largest absolute Gasteiger partial charge is 0.381 e. The summed E-state index contributed by atoms with van der Waals surface area (Å²) >= 11 is 0. The Bertz CT molecular complexity index is 1660. The second-order valence-electron chi connectivity index (χ2n) is 12.3. The number of fused-ring (bicyclic) bond motifs is 2. The average molecular weight is 582 g/mol. The molecule has 0 bridgehead atoms. The van der Waals surface area contributed by atoms with Gasteiger partial charge in [0.05, 0.1) is 23.6 Å². The van der Waals surface area contributed by atoms with Crippen LogP contribution in [0.4, 0.5) is 0 Å². The number of carbonyl (C=O) groups excluding carboxylic acids is 2. The van der Waals surface area contributed by atoms with Gasteiger partial charge in [-0.05, 0) is 48.4 Å². The average Bonchev–Trinajstić information content (AvgIpc) is 3.42. The van der Waals surface area contributed by atoms with Gasteiger partial charge >= 0.3 is 0 Å². The van der Waals surface area contributed by atoms with Gasteiger partial charge < -0.3 is 25.3 Å². The first kappa shape index (κ1) is 28.9. The number of pyridine rings is 2. The molecule has 0 radical (unpaired) electrons. The van der Waals surface area contributed by atoms with E-state index < -0.39 is 0 Å². The van der Waals surface area contributed by atoms with Crippen molar-refractivity contribution in [2.24, 2.45) is 11.1 Å². The van der Waals surface area contributed by atoms with E-state index in [1.165, 1.54) is 0 Å². The van der Waals surface area contributed by atoms with E-state index in [2.05, 4.69) is 27.0 Å². The van der Waals surface area contributed by atoms with Crippen LogP contribution in [0.3, 0.4) is 0 Å². The molecule has 0 unspecified atom stereocenters. The van der Waals surface area contributed by atoms with Crippen LogP contribution in [0.15, 0.2) is 48.8 Å². The maximum atomic E-state index is 12.6. The summed E-state index contributed by atoms with van der Waals surface area (Å²) in [5.41, 5.74) is 10.5. The summed E-state index contributed by atoms with van der Waals surface area (Å²) < 4.78 is 7.97. The van der Waals surface area contributed by atoms with E-state index in [1.54, 1.807) is 19.2 Å². The molecule has 0 saturated carbocycles. The molecule has 43 heavy (non-hydrogen) atoms. The van der Waals surface area contributed by atoms with E-state index in [4.69, 9.17) is 20.4 Å². The molecule has 2 aliphatic heterocycles. The van der Waals surface area contributed by atoms with Crippen LogP contribution >= 0.6 is 0 Å². The molecule has 0 aliphatic carbocycles. The number of benzene rings is 1. The Hall–Kier alpha value is -4.15. The zero-order valence-electron chi connectivity index (χ0n) is 25.1. The maximum absolute atomic E-state index is 12.6. The highest BCUT2D eigenvalue weighted by Crippen LogP contribution is 2.37. The molecule has 3 aromatic heterocycles. The van der Waals surface area contributed by atoms with E-state index in [1.807, 2.05) is 43.1 Å². The van der Waals surface area contributed by atoms with Crippen LogP contribution < -0.4 is 11.1 Å². The standard InChI is InChI=1S/C33H39N7O3/c1-21(41)39-11-12-40-29(18-39)30(38-31(40)22-9-13-43-14-10-22)25-6-4-5-23-15-28(36-17-26(23)25)24-7-8-27(35-16-24)32(42)37-20-33(2,3)19-34/h4-8,15-17,22H,9-14,18-20,34H2,1-3H3,(H,37,42). The smallest absolute Gasteiger partial charge is 0.269 e. The molecule has 2 amide bonds. The van der Waals surface area contributed by atoms with Crippen molar-refractivity contribution in [1.29, 1.82) is 0 Å². The number of hydrogen-bond acceptors (Lipinski definition) is 7. The van der Waals surface area contributed by atoms with Gasteiger partial charge in [-0.3, -0.25) is 19.6 Å². The Morgan fingerprint density at radius 3 is 2.63 bits per heavy atom. The number of ether oxygens (including phenoxy) is 1. The Morgan fingerprint density at radius 1 is 1.09 bits per heavy atom. The lowest BCUT2D eigenvalue weighted by Crippen LogP contribution is -2.38. The molecule has 1 saturated heterocycles. The molecule has 3 N–H and O–H groups in total. The summed E-state index contributed by atoms with van der Waals surface area (Å²) in [6.45, 7) is 10.1. The van der Waals surface area contributed by atoms with Gasteiger partial charge in [0.15, 0.2) is 0 Å². The molecule has 4 aromatic rings. The summed E-state index contributed by atoms with van der Waals surface area (Å²) in [6, 6.07) is 11.8. The van der Waals surface area contributed by atoms with Crippen LogP contribution in [0, 0.1) is 5.41 Å². The topological polar surface area (TPSA) is 128 Å². The number of hydrogen-bond donors (Lipinski definition) is 2. The number of carbonyl (C=O) groups is 2. The van der Waals surface area contributed by atoms with Crippen molar-refractivity contribution in [3.8, 4) is 22.5 Å². The number of amides is 2. The highest BCUT2D eigenvalue weighted by Gasteiger charge is 2.30. The second kappa shape index (κ2) is 11.9. The lowest BCUT2D eigenvalue weighted by molar-refractivity contribution is -0.130. The minimum absolute atomic E-state index is 0.0757. The van der Waals surface area contributed by atoms with Crippen molar-refractivity contribution in [2.75, 3.05) is 32.8 Å². The third kappa shape index (κ3) is 5.89. The Labute approximate surface area is 251 Å². The maximum Gasteiger partial charge on any atom is 0.269 e. The van der Waals surface area contributed by atoms with Crippen LogP contribution in [0.25, 0.3) is 33.3 Å². The van der Waals surface area contributed by atoms with Crippen molar-refractivity contribution < 1.29 is 14.3 Å². The van der Waals surface area contributed by atoms with Gasteiger partial charge in [0.25, 0.3) is 5.91 Å². The lowest BCUT2D eigenvalue weighted by atomic mass is 9.94. The molecule has 1 aromatic carbocycles. The van der Waals surface area contributed by atoms with Gasteiger partial charge in [-0.25, -0.2) is 4.98 Å². The second-order valence-corrected chi connectivity index (χ2v) is 12.3. The van der Waals surface area contributed by atoms with E-state index in [-0.39, 0.29) is 17.2 Å². The van der Waals surface area contributed by atoms with E-state index in [0.717, 1.165) is 77.4 Å². The molecule has 6 rings (SSSR count). The van der Waals surface area contributed by atoms with Crippen LogP contribution in [0.1, 0.15) is 61.5 Å². The first-order valence-electron chi connectivity index (χ1n) is 15.0. The molecule has 0 spiro atoms. The predicted octanol–water partition coefficient (Wildman–Crippen LogP) is 4.13. The molecule has 1 fully saturated rings. The van der Waals surface area contributed by atoms with E-state index in [0.29, 0.717) is 37.8 Å². The summed E-state index contributed by atoms with van der Waals surface area (Å²) in [5, 5.41) is 4.94. The number of aromatic nitrogens is 4. The molecular weight excluding hydrogens is 542 g/mol. The minimum atomic E-state index is -0.226. The number of nitrogens with two attached hydrogens (primary N) is 1. The summed E-state index contributed by atoms with van der Waals surface area (Å²) in [4.78, 5) is 41.3. The van der Waals surface area contributed by atoms with Crippen molar-refractivity contribution >= 4 is 22.6 Å². The number of imidazole rings is 1. The fourth-order valence-electron chi connectivity index (χ4n) is 5.85. The number of nitrogens with one attached hydrogen (secondary N) is 1. The van der Waals surface area contributed by atoms with Crippen LogP contribution in [0.5, 0.6) is 0 Å². The minimum Gasteiger partial charge on any atom is -0.381 e. The van der Waals surface area contributed by atoms with Crippen LogP contribution in [0.2, 0.25) is 0 Å². The highest BCUT2D eigenvalue weighted by atomic mass is 16.5. The summed E-state index contributed by atoms with van der Waals surface area (Å²) in [5.74, 6) is 1.29. The number of rotatable bonds is 7. The predicted molar refractivity (Wildman–Crippen MR) is 165 cm³/mol. The SMILES string of the molecule is CC(=O)N1CCn2c(C3CCOCC3)nc(-c3cccc4cc(-c5ccc(C(=O)NCC(C)(C)CN)nc5)ncc34)c2C1. The first-order chi connectivity index (χ1) is 20.7. The van der Waals surface area contributed by atoms with Crippen LogP contribution in [-0.2, 0) is 22.6 Å². The molecular formula is C33H39N7O3. The molecule has 10 heteroatoms. The Kier molecular flexibility index (Phi) is 7.98. The van der Waals surface area contributed by atoms with Gasteiger partial charge in [-0.15, -0.1) is 0 Å².